The Hall–Kier alpha value is -0.120. The summed E-state index contributed by atoms with van der Waals surface area (Å²) in [6, 6.07) is 4.05. The van der Waals surface area contributed by atoms with Gasteiger partial charge in [0.2, 0.25) is 0 Å². The van der Waals surface area contributed by atoms with Crippen LogP contribution in [0.1, 0.15) is 37.9 Å². The first-order chi connectivity index (χ1) is 6.24. The van der Waals surface area contributed by atoms with E-state index in [2.05, 4.69) is 27.8 Å². The lowest BCUT2D eigenvalue weighted by Crippen LogP contribution is -2.11. The van der Waals surface area contributed by atoms with Gasteiger partial charge in [0.05, 0.1) is 5.69 Å². The van der Waals surface area contributed by atoms with Crippen molar-refractivity contribution < 1.29 is 0 Å². The average Bonchev–Trinajstić information content (AvgIpc) is 2.15. The molecule has 4 heteroatoms. The highest BCUT2D eigenvalue weighted by molar-refractivity contribution is 9.10. The second kappa shape index (κ2) is 7.21. The summed E-state index contributed by atoms with van der Waals surface area (Å²) in [5.74, 6) is 0. The van der Waals surface area contributed by atoms with E-state index in [9.17, 15) is 0 Å². The lowest BCUT2D eigenvalue weighted by Gasteiger charge is -2.09. The van der Waals surface area contributed by atoms with E-state index in [4.69, 9.17) is 5.73 Å². The molecule has 2 nitrogen and oxygen atoms in total. The average molecular weight is 280 g/mol. The molecule has 80 valence electrons. The van der Waals surface area contributed by atoms with Gasteiger partial charge in [0.25, 0.3) is 0 Å². The molecule has 1 heterocycles. The zero-order valence-electron chi connectivity index (χ0n) is 8.24. The van der Waals surface area contributed by atoms with Gasteiger partial charge in [-0.2, -0.15) is 0 Å². The molecule has 1 aromatic rings. The van der Waals surface area contributed by atoms with Crippen molar-refractivity contribution in [3.05, 3.63) is 28.5 Å². The van der Waals surface area contributed by atoms with Crippen LogP contribution in [-0.2, 0) is 0 Å². The minimum absolute atomic E-state index is 0. The molecule has 0 fully saturated rings. The Balaban J connectivity index is 0.00000169. The van der Waals surface area contributed by atoms with Crippen LogP contribution in [0.25, 0.3) is 0 Å². The molecule has 0 saturated carbocycles. The van der Waals surface area contributed by atoms with Crippen LogP contribution < -0.4 is 5.73 Å². The van der Waals surface area contributed by atoms with Crippen molar-refractivity contribution in [1.82, 2.24) is 4.98 Å². The fourth-order valence-electron chi connectivity index (χ4n) is 1.18. The molecular formula is C10H16BrClN2. The number of hydrogen-bond acceptors (Lipinski definition) is 2. The van der Waals surface area contributed by atoms with Crippen LogP contribution >= 0.6 is 28.3 Å². The summed E-state index contributed by atoms with van der Waals surface area (Å²) in [5.41, 5.74) is 6.94. The van der Waals surface area contributed by atoms with Crippen molar-refractivity contribution in [2.45, 2.75) is 32.2 Å². The molecule has 0 amide bonds. The molecular weight excluding hydrogens is 263 g/mol. The molecule has 0 aliphatic carbocycles. The van der Waals surface area contributed by atoms with Gasteiger partial charge in [0.15, 0.2) is 0 Å². The van der Waals surface area contributed by atoms with Gasteiger partial charge in [-0.05, 0) is 34.5 Å². The molecule has 0 spiro atoms. The van der Waals surface area contributed by atoms with Gasteiger partial charge < -0.3 is 5.73 Å². The molecule has 0 radical (unpaired) electrons. The summed E-state index contributed by atoms with van der Waals surface area (Å²) in [5, 5.41) is 0. The quantitative estimate of drug-likeness (QED) is 0.917. The van der Waals surface area contributed by atoms with Crippen molar-refractivity contribution in [1.29, 1.82) is 0 Å². The van der Waals surface area contributed by atoms with Crippen LogP contribution in [0.5, 0.6) is 0 Å². The number of halogens is 2. The standard InChI is InChI=1S/C10H15BrN2.ClH/c1-2-3-4-9(12)10-6-5-8(11)7-13-10;/h5-7,9H,2-4,12H2,1H3;1H/t9-;/m0./s1. The Morgan fingerprint density at radius 2 is 2.21 bits per heavy atom. The van der Waals surface area contributed by atoms with Gasteiger partial charge in [-0.1, -0.05) is 19.8 Å². The maximum Gasteiger partial charge on any atom is 0.0571 e. The first kappa shape index (κ1) is 13.9. The van der Waals surface area contributed by atoms with E-state index in [-0.39, 0.29) is 18.4 Å². The maximum atomic E-state index is 5.95. The molecule has 2 N–H and O–H groups in total. The summed E-state index contributed by atoms with van der Waals surface area (Å²) < 4.78 is 0.999. The minimum atomic E-state index is 0. The summed E-state index contributed by atoms with van der Waals surface area (Å²) in [4.78, 5) is 4.26. The minimum Gasteiger partial charge on any atom is -0.323 e. The summed E-state index contributed by atoms with van der Waals surface area (Å²) in [7, 11) is 0. The number of aromatic nitrogens is 1. The third kappa shape index (κ3) is 4.40. The molecule has 14 heavy (non-hydrogen) atoms. The number of rotatable bonds is 4. The molecule has 1 aromatic heterocycles. The first-order valence-electron chi connectivity index (χ1n) is 4.61. The molecule has 1 atom stereocenters. The molecule has 0 saturated heterocycles. The van der Waals surface area contributed by atoms with E-state index in [0.29, 0.717) is 0 Å². The van der Waals surface area contributed by atoms with Crippen LogP contribution in [0.4, 0.5) is 0 Å². The number of unbranched alkanes of at least 4 members (excludes halogenated alkanes) is 1. The molecule has 1 rings (SSSR count). The molecule has 0 unspecified atom stereocenters. The van der Waals surface area contributed by atoms with E-state index in [1.54, 1.807) is 6.20 Å². The Bertz CT molecular complexity index is 251. The molecule has 0 bridgehead atoms. The summed E-state index contributed by atoms with van der Waals surface area (Å²) in [6.07, 6.45) is 5.16. The smallest absolute Gasteiger partial charge is 0.0571 e. The SMILES string of the molecule is CCCC[C@H](N)c1ccc(Br)cn1.Cl. The van der Waals surface area contributed by atoms with Crippen molar-refractivity contribution in [2.24, 2.45) is 5.73 Å². The predicted molar refractivity (Wildman–Crippen MR) is 65.6 cm³/mol. The molecule has 0 aliphatic heterocycles. The highest BCUT2D eigenvalue weighted by Crippen LogP contribution is 2.16. The largest absolute Gasteiger partial charge is 0.323 e. The predicted octanol–water partition coefficient (Wildman–Crippen LogP) is 3.46. The highest BCUT2D eigenvalue weighted by atomic mass is 79.9. The Morgan fingerprint density at radius 1 is 1.50 bits per heavy atom. The van der Waals surface area contributed by atoms with Crippen LogP contribution in [0.3, 0.4) is 0 Å². The van der Waals surface area contributed by atoms with Crippen LogP contribution in [0.2, 0.25) is 0 Å². The van der Waals surface area contributed by atoms with E-state index < -0.39 is 0 Å². The lowest BCUT2D eigenvalue weighted by molar-refractivity contribution is 0.590. The number of hydrogen-bond donors (Lipinski definition) is 1. The van der Waals surface area contributed by atoms with Crippen molar-refractivity contribution in [3.63, 3.8) is 0 Å². The van der Waals surface area contributed by atoms with E-state index in [1.807, 2.05) is 12.1 Å². The third-order valence-corrected chi connectivity index (χ3v) is 2.47. The first-order valence-corrected chi connectivity index (χ1v) is 5.40. The fraction of sp³-hybridized carbons (Fsp3) is 0.500. The number of nitrogens with zero attached hydrogens (tertiary/aromatic N) is 1. The number of nitrogens with two attached hydrogens (primary N) is 1. The van der Waals surface area contributed by atoms with Crippen LogP contribution in [-0.4, -0.2) is 4.98 Å². The van der Waals surface area contributed by atoms with Crippen LogP contribution in [0, 0.1) is 0 Å². The Morgan fingerprint density at radius 3 is 2.71 bits per heavy atom. The zero-order valence-corrected chi connectivity index (χ0v) is 10.6. The fourth-order valence-corrected chi connectivity index (χ4v) is 1.41. The van der Waals surface area contributed by atoms with Crippen LogP contribution in [0.15, 0.2) is 22.8 Å². The van der Waals surface area contributed by atoms with E-state index in [0.717, 1.165) is 16.6 Å². The van der Waals surface area contributed by atoms with E-state index in [1.165, 1.54) is 12.8 Å². The lowest BCUT2D eigenvalue weighted by atomic mass is 10.1. The van der Waals surface area contributed by atoms with E-state index >= 15 is 0 Å². The summed E-state index contributed by atoms with van der Waals surface area (Å²) in [6.45, 7) is 2.17. The maximum absolute atomic E-state index is 5.95. The van der Waals surface area contributed by atoms with Gasteiger partial charge in [-0.25, -0.2) is 0 Å². The Kier molecular flexibility index (Phi) is 7.15. The van der Waals surface area contributed by atoms with Gasteiger partial charge in [0, 0.05) is 16.7 Å². The topological polar surface area (TPSA) is 38.9 Å². The summed E-state index contributed by atoms with van der Waals surface area (Å²) >= 11 is 3.34. The Labute approximate surface area is 99.8 Å². The second-order valence-electron chi connectivity index (χ2n) is 3.15. The van der Waals surface area contributed by atoms with Crippen molar-refractivity contribution in [3.8, 4) is 0 Å². The number of pyridine rings is 1. The highest BCUT2D eigenvalue weighted by Gasteiger charge is 2.05. The van der Waals surface area contributed by atoms with Crippen molar-refractivity contribution >= 4 is 28.3 Å². The van der Waals surface area contributed by atoms with Gasteiger partial charge in [-0.3, -0.25) is 4.98 Å². The zero-order chi connectivity index (χ0) is 9.68. The molecule has 0 aliphatic rings. The van der Waals surface area contributed by atoms with Gasteiger partial charge in [-0.15, -0.1) is 12.4 Å². The third-order valence-electron chi connectivity index (χ3n) is 2.00. The van der Waals surface area contributed by atoms with Crippen molar-refractivity contribution in [2.75, 3.05) is 0 Å². The molecule has 0 aromatic carbocycles. The normalized spacial score (nSPS) is 11.9. The second-order valence-corrected chi connectivity index (χ2v) is 4.07. The van der Waals surface area contributed by atoms with Gasteiger partial charge in [0.1, 0.15) is 0 Å². The van der Waals surface area contributed by atoms with Gasteiger partial charge >= 0.3 is 0 Å². The monoisotopic (exact) mass is 278 g/mol.